The molecule has 0 aliphatic carbocycles. The van der Waals surface area contributed by atoms with E-state index in [-0.39, 0.29) is 0 Å². The summed E-state index contributed by atoms with van der Waals surface area (Å²) in [6.07, 6.45) is 0.897. The second-order valence-corrected chi connectivity index (χ2v) is 4.91. The lowest BCUT2D eigenvalue weighted by Gasteiger charge is -2.24. The first-order chi connectivity index (χ1) is 10.1. The smallest absolute Gasteiger partial charge is 0.136 e. The first kappa shape index (κ1) is 15.3. The van der Waals surface area contributed by atoms with Crippen molar-refractivity contribution in [1.29, 1.82) is 0 Å². The monoisotopic (exact) mass is 286 g/mol. The summed E-state index contributed by atoms with van der Waals surface area (Å²) in [4.78, 5) is 11.0. The largest absolute Gasteiger partial charge is 0.497 e. The molecule has 0 amide bonds. The van der Waals surface area contributed by atoms with Crippen molar-refractivity contribution in [3.63, 3.8) is 0 Å². The van der Waals surface area contributed by atoms with Gasteiger partial charge in [-0.2, -0.15) is 0 Å². The van der Waals surface area contributed by atoms with Gasteiger partial charge in [-0.15, -0.1) is 0 Å². The van der Waals surface area contributed by atoms with E-state index in [1.165, 1.54) is 0 Å². The zero-order chi connectivity index (χ0) is 15.2. The molecule has 1 aromatic carbocycles. The van der Waals surface area contributed by atoms with Crippen LogP contribution < -0.4 is 15.4 Å². The highest BCUT2D eigenvalue weighted by molar-refractivity contribution is 5.61. The highest BCUT2D eigenvalue weighted by atomic mass is 16.5. The average Bonchev–Trinajstić information content (AvgIpc) is 2.47. The van der Waals surface area contributed by atoms with E-state index in [4.69, 9.17) is 10.5 Å². The van der Waals surface area contributed by atoms with Gasteiger partial charge in [0.1, 0.15) is 17.4 Å². The lowest BCUT2D eigenvalue weighted by molar-refractivity contribution is 0.415. The molecule has 0 atom stereocenters. The van der Waals surface area contributed by atoms with Crippen LogP contribution in [-0.2, 0) is 0 Å². The highest BCUT2D eigenvalue weighted by Crippen LogP contribution is 2.26. The van der Waals surface area contributed by atoms with Crippen LogP contribution in [0.3, 0.4) is 0 Å². The molecule has 0 spiro atoms. The van der Waals surface area contributed by atoms with Gasteiger partial charge in [0.25, 0.3) is 0 Å². The van der Waals surface area contributed by atoms with E-state index in [0.29, 0.717) is 6.54 Å². The van der Waals surface area contributed by atoms with Crippen molar-refractivity contribution in [3.8, 4) is 5.75 Å². The lowest BCUT2D eigenvalue weighted by atomic mass is 10.2. The van der Waals surface area contributed by atoms with Gasteiger partial charge in [0.2, 0.25) is 0 Å². The van der Waals surface area contributed by atoms with Gasteiger partial charge < -0.3 is 15.4 Å². The fourth-order valence-electron chi connectivity index (χ4n) is 2.22. The maximum Gasteiger partial charge on any atom is 0.136 e. The van der Waals surface area contributed by atoms with Gasteiger partial charge in [0.05, 0.1) is 7.11 Å². The molecule has 2 N–H and O–H groups in total. The summed E-state index contributed by atoms with van der Waals surface area (Å²) < 4.78 is 5.21. The molecule has 0 aliphatic heterocycles. The normalized spacial score (nSPS) is 10.5. The predicted octanol–water partition coefficient (Wildman–Crippen LogP) is 2.59. The zero-order valence-electron chi connectivity index (χ0n) is 12.8. The average molecular weight is 286 g/mol. The number of aromatic nitrogens is 2. The van der Waals surface area contributed by atoms with Crippen LogP contribution in [0, 0.1) is 13.8 Å². The van der Waals surface area contributed by atoms with Gasteiger partial charge in [-0.25, -0.2) is 9.97 Å². The Hall–Kier alpha value is -2.14. The van der Waals surface area contributed by atoms with Crippen molar-refractivity contribution in [3.05, 3.63) is 41.9 Å². The fraction of sp³-hybridized carbons (Fsp3) is 0.375. The van der Waals surface area contributed by atoms with Crippen molar-refractivity contribution in [2.24, 2.45) is 5.73 Å². The minimum Gasteiger partial charge on any atom is -0.497 e. The van der Waals surface area contributed by atoms with Gasteiger partial charge in [-0.3, -0.25) is 0 Å². The van der Waals surface area contributed by atoms with Gasteiger partial charge in [0.15, 0.2) is 0 Å². The minimum atomic E-state index is 0.649. The number of nitrogens with two attached hydrogens (primary N) is 1. The number of anilines is 2. The topological polar surface area (TPSA) is 64.3 Å². The third-order valence-electron chi connectivity index (χ3n) is 3.20. The molecule has 0 radical (unpaired) electrons. The van der Waals surface area contributed by atoms with Crippen LogP contribution in [0.15, 0.2) is 30.3 Å². The second-order valence-electron chi connectivity index (χ2n) is 4.91. The van der Waals surface area contributed by atoms with Crippen LogP contribution in [0.1, 0.15) is 17.9 Å². The van der Waals surface area contributed by atoms with Crippen molar-refractivity contribution in [2.45, 2.75) is 20.3 Å². The predicted molar refractivity (Wildman–Crippen MR) is 85.2 cm³/mol. The summed E-state index contributed by atoms with van der Waals surface area (Å²) in [6, 6.07) is 9.95. The molecule has 0 unspecified atom stereocenters. The Bertz CT molecular complexity index is 563. The van der Waals surface area contributed by atoms with Crippen LogP contribution in [0.25, 0.3) is 0 Å². The molecule has 5 heteroatoms. The van der Waals surface area contributed by atoms with Gasteiger partial charge in [-0.05, 0) is 51.1 Å². The quantitative estimate of drug-likeness (QED) is 0.884. The van der Waals surface area contributed by atoms with Gasteiger partial charge in [-0.1, -0.05) is 0 Å². The standard InChI is InChI=1S/C16H22N4O/c1-12-11-16(19-13(2)18-12)20(10-4-9-17)14-5-7-15(21-3)8-6-14/h5-8,11H,4,9-10,17H2,1-3H3. The summed E-state index contributed by atoms with van der Waals surface area (Å²) in [5, 5.41) is 0. The molecule has 1 aromatic heterocycles. The molecule has 0 bridgehead atoms. The number of benzene rings is 1. The maximum atomic E-state index is 5.66. The summed E-state index contributed by atoms with van der Waals surface area (Å²) in [5.74, 6) is 2.52. The molecule has 2 aromatic rings. The molecule has 2 rings (SSSR count). The van der Waals surface area contributed by atoms with Gasteiger partial charge >= 0.3 is 0 Å². The Labute approximate surface area is 125 Å². The van der Waals surface area contributed by atoms with Crippen molar-refractivity contribution in [2.75, 3.05) is 25.1 Å². The van der Waals surface area contributed by atoms with E-state index in [2.05, 4.69) is 14.9 Å². The van der Waals surface area contributed by atoms with E-state index >= 15 is 0 Å². The zero-order valence-corrected chi connectivity index (χ0v) is 12.8. The Morgan fingerprint density at radius 1 is 1.14 bits per heavy atom. The van der Waals surface area contributed by atoms with Crippen molar-refractivity contribution in [1.82, 2.24) is 9.97 Å². The number of methoxy groups -OCH3 is 1. The molecule has 0 fully saturated rings. The van der Waals surface area contributed by atoms with Crippen molar-refractivity contribution < 1.29 is 4.74 Å². The highest BCUT2D eigenvalue weighted by Gasteiger charge is 2.12. The third kappa shape index (κ3) is 3.92. The van der Waals surface area contributed by atoms with Crippen LogP contribution in [0.2, 0.25) is 0 Å². The summed E-state index contributed by atoms with van der Waals surface area (Å²) in [7, 11) is 1.67. The second kappa shape index (κ2) is 7.04. The van der Waals surface area contributed by atoms with E-state index < -0.39 is 0 Å². The van der Waals surface area contributed by atoms with Crippen LogP contribution in [0.4, 0.5) is 11.5 Å². The van der Waals surface area contributed by atoms with E-state index in [9.17, 15) is 0 Å². The molecular formula is C16H22N4O. The third-order valence-corrected chi connectivity index (χ3v) is 3.20. The molecular weight excluding hydrogens is 264 g/mol. The Morgan fingerprint density at radius 3 is 2.43 bits per heavy atom. The van der Waals surface area contributed by atoms with Crippen LogP contribution in [0.5, 0.6) is 5.75 Å². The Kier molecular flexibility index (Phi) is 5.11. The van der Waals surface area contributed by atoms with E-state index in [1.807, 2.05) is 44.2 Å². The molecule has 21 heavy (non-hydrogen) atoms. The number of rotatable bonds is 6. The molecule has 112 valence electrons. The van der Waals surface area contributed by atoms with Gasteiger partial charge in [0, 0.05) is 24.0 Å². The first-order valence-corrected chi connectivity index (χ1v) is 7.08. The van der Waals surface area contributed by atoms with E-state index in [0.717, 1.165) is 41.7 Å². The number of aryl methyl sites for hydroxylation is 2. The Morgan fingerprint density at radius 2 is 1.86 bits per heavy atom. The van der Waals surface area contributed by atoms with Crippen molar-refractivity contribution >= 4 is 11.5 Å². The SMILES string of the molecule is COc1ccc(N(CCCN)c2cc(C)nc(C)n2)cc1. The lowest BCUT2D eigenvalue weighted by Crippen LogP contribution is -2.22. The fourth-order valence-corrected chi connectivity index (χ4v) is 2.22. The number of nitrogens with zero attached hydrogens (tertiary/aromatic N) is 3. The molecule has 0 saturated carbocycles. The number of hydrogen-bond acceptors (Lipinski definition) is 5. The molecule has 1 heterocycles. The summed E-state index contributed by atoms with van der Waals surface area (Å²) in [6.45, 7) is 5.35. The minimum absolute atomic E-state index is 0.649. The van der Waals surface area contributed by atoms with E-state index in [1.54, 1.807) is 7.11 Å². The molecule has 0 aliphatic rings. The van der Waals surface area contributed by atoms with Crippen LogP contribution in [-0.4, -0.2) is 30.2 Å². The maximum absolute atomic E-state index is 5.66. The Balaban J connectivity index is 2.36. The van der Waals surface area contributed by atoms with Crippen LogP contribution >= 0.6 is 0 Å². The summed E-state index contributed by atoms with van der Waals surface area (Å²) in [5.41, 5.74) is 7.69. The number of ether oxygens (including phenoxy) is 1. The summed E-state index contributed by atoms with van der Waals surface area (Å²) >= 11 is 0. The molecule has 5 nitrogen and oxygen atoms in total. The first-order valence-electron chi connectivity index (χ1n) is 7.08. The number of hydrogen-bond donors (Lipinski definition) is 1. The molecule has 0 saturated heterocycles.